The standard InChI is InChI=1S/C13H16O4/c14-13(11-5-2-1-3-6-11)16-8-4-7-15-9-12-10-17-12/h1-3,5-6,12H,4,7-10H2. The smallest absolute Gasteiger partial charge is 0.338 e. The maximum Gasteiger partial charge on any atom is 0.338 e. The lowest BCUT2D eigenvalue weighted by molar-refractivity contribution is 0.0436. The highest BCUT2D eigenvalue weighted by Crippen LogP contribution is 2.08. The molecular weight excluding hydrogens is 220 g/mol. The molecule has 1 saturated heterocycles. The van der Waals surface area contributed by atoms with Crippen molar-refractivity contribution in [1.29, 1.82) is 0 Å². The summed E-state index contributed by atoms with van der Waals surface area (Å²) in [7, 11) is 0. The van der Waals surface area contributed by atoms with Crippen LogP contribution in [0.2, 0.25) is 0 Å². The Morgan fingerprint density at radius 1 is 1.29 bits per heavy atom. The zero-order valence-corrected chi connectivity index (χ0v) is 9.63. The molecule has 0 spiro atoms. The number of epoxide rings is 1. The van der Waals surface area contributed by atoms with Crippen LogP contribution in [-0.4, -0.2) is 38.5 Å². The van der Waals surface area contributed by atoms with Gasteiger partial charge in [-0.1, -0.05) is 18.2 Å². The molecule has 1 atom stereocenters. The van der Waals surface area contributed by atoms with E-state index in [1.54, 1.807) is 12.1 Å². The van der Waals surface area contributed by atoms with E-state index in [1.807, 2.05) is 18.2 Å². The average molecular weight is 236 g/mol. The van der Waals surface area contributed by atoms with Gasteiger partial charge in [0.15, 0.2) is 0 Å². The van der Waals surface area contributed by atoms with Crippen LogP contribution in [0.1, 0.15) is 16.8 Å². The summed E-state index contributed by atoms with van der Waals surface area (Å²) in [5.41, 5.74) is 0.583. The second kappa shape index (κ2) is 6.37. The number of carbonyl (C=O) groups excluding carboxylic acids is 1. The van der Waals surface area contributed by atoms with Crippen molar-refractivity contribution < 1.29 is 19.0 Å². The summed E-state index contributed by atoms with van der Waals surface area (Å²) in [5, 5.41) is 0. The van der Waals surface area contributed by atoms with Crippen LogP contribution in [0.5, 0.6) is 0 Å². The molecule has 0 saturated carbocycles. The second-order valence-electron chi connectivity index (χ2n) is 3.89. The highest BCUT2D eigenvalue weighted by atomic mass is 16.6. The van der Waals surface area contributed by atoms with Crippen LogP contribution in [0, 0.1) is 0 Å². The maximum absolute atomic E-state index is 11.5. The Kier molecular flexibility index (Phi) is 4.53. The van der Waals surface area contributed by atoms with E-state index in [2.05, 4.69) is 0 Å². The van der Waals surface area contributed by atoms with Crippen molar-refractivity contribution in [3.8, 4) is 0 Å². The molecule has 0 aliphatic carbocycles. The van der Waals surface area contributed by atoms with Crippen LogP contribution < -0.4 is 0 Å². The molecule has 1 aromatic rings. The van der Waals surface area contributed by atoms with E-state index in [4.69, 9.17) is 14.2 Å². The van der Waals surface area contributed by atoms with Gasteiger partial charge in [0.25, 0.3) is 0 Å². The van der Waals surface area contributed by atoms with Crippen molar-refractivity contribution in [2.45, 2.75) is 12.5 Å². The van der Waals surface area contributed by atoms with Gasteiger partial charge in [0.2, 0.25) is 0 Å². The summed E-state index contributed by atoms with van der Waals surface area (Å²) in [6.45, 7) is 2.44. The molecule has 1 aliphatic heterocycles. The normalized spacial score (nSPS) is 17.8. The average Bonchev–Trinajstić information content (AvgIpc) is 3.18. The Balaban J connectivity index is 1.53. The first-order valence-electron chi connectivity index (χ1n) is 5.78. The van der Waals surface area contributed by atoms with Crippen LogP contribution in [0.15, 0.2) is 30.3 Å². The molecule has 0 aromatic heterocycles. The van der Waals surface area contributed by atoms with Crippen molar-refractivity contribution in [2.24, 2.45) is 0 Å². The van der Waals surface area contributed by atoms with Crippen molar-refractivity contribution in [3.05, 3.63) is 35.9 Å². The number of hydrogen-bond donors (Lipinski definition) is 0. The summed E-state index contributed by atoms with van der Waals surface area (Å²) < 4.78 is 15.4. The van der Waals surface area contributed by atoms with Crippen molar-refractivity contribution in [1.82, 2.24) is 0 Å². The van der Waals surface area contributed by atoms with E-state index in [0.717, 1.165) is 6.61 Å². The fraction of sp³-hybridized carbons (Fsp3) is 0.462. The molecule has 1 aliphatic rings. The lowest BCUT2D eigenvalue weighted by atomic mass is 10.2. The fourth-order valence-electron chi connectivity index (χ4n) is 1.36. The molecule has 17 heavy (non-hydrogen) atoms. The molecular formula is C13H16O4. The van der Waals surface area contributed by atoms with Gasteiger partial charge >= 0.3 is 5.97 Å². The van der Waals surface area contributed by atoms with Gasteiger partial charge in [0, 0.05) is 13.0 Å². The molecule has 0 N–H and O–H groups in total. The van der Waals surface area contributed by atoms with Crippen molar-refractivity contribution in [3.63, 3.8) is 0 Å². The number of rotatable bonds is 7. The van der Waals surface area contributed by atoms with Crippen molar-refractivity contribution >= 4 is 5.97 Å². The van der Waals surface area contributed by atoms with Gasteiger partial charge in [-0.05, 0) is 12.1 Å². The largest absolute Gasteiger partial charge is 0.462 e. The number of hydrogen-bond acceptors (Lipinski definition) is 4. The van der Waals surface area contributed by atoms with E-state index in [9.17, 15) is 4.79 Å². The van der Waals surface area contributed by atoms with E-state index in [1.165, 1.54) is 0 Å². The SMILES string of the molecule is O=C(OCCCOCC1CO1)c1ccccc1. The number of ether oxygens (including phenoxy) is 3. The van der Waals surface area contributed by atoms with Gasteiger partial charge in [0.05, 0.1) is 25.4 Å². The molecule has 0 bridgehead atoms. The number of benzene rings is 1. The van der Waals surface area contributed by atoms with E-state index >= 15 is 0 Å². The summed E-state index contributed by atoms with van der Waals surface area (Å²) >= 11 is 0. The topological polar surface area (TPSA) is 48.1 Å². The predicted molar refractivity (Wildman–Crippen MR) is 61.9 cm³/mol. The summed E-state index contributed by atoms with van der Waals surface area (Å²) in [6, 6.07) is 8.97. The molecule has 1 fully saturated rings. The van der Waals surface area contributed by atoms with Gasteiger partial charge in [-0.25, -0.2) is 4.79 Å². The molecule has 4 heteroatoms. The summed E-state index contributed by atoms with van der Waals surface area (Å²) in [5.74, 6) is -0.281. The van der Waals surface area contributed by atoms with Crippen LogP contribution in [-0.2, 0) is 14.2 Å². The third-order valence-electron chi connectivity index (χ3n) is 2.38. The first-order chi connectivity index (χ1) is 8.36. The molecule has 1 aromatic carbocycles. The zero-order valence-electron chi connectivity index (χ0n) is 9.63. The first-order valence-corrected chi connectivity index (χ1v) is 5.78. The second-order valence-corrected chi connectivity index (χ2v) is 3.89. The first kappa shape index (κ1) is 12.1. The Labute approximate surface area is 100 Å². The number of carbonyl (C=O) groups is 1. The highest BCUT2D eigenvalue weighted by molar-refractivity contribution is 5.89. The van der Waals surface area contributed by atoms with Gasteiger partial charge in [-0.15, -0.1) is 0 Å². The fourth-order valence-corrected chi connectivity index (χ4v) is 1.36. The minimum atomic E-state index is -0.281. The molecule has 92 valence electrons. The minimum Gasteiger partial charge on any atom is -0.462 e. The molecule has 0 amide bonds. The quantitative estimate of drug-likeness (QED) is 0.410. The zero-order chi connectivity index (χ0) is 11.9. The van der Waals surface area contributed by atoms with Crippen LogP contribution >= 0.6 is 0 Å². The molecule has 2 rings (SSSR count). The monoisotopic (exact) mass is 236 g/mol. The molecule has 4 nitrogen and oxygen atoms in total. The van der Waals surface area contributed by atoms with Gasteiger partial charge in [-0.2, -0.15) is 0 Å². The summed E-state index contributed by atoms with van der Waals surface area (Å²) in [6.07, 6.45) is 1.01. The van der Waals surface area contributed by atoms with Crippen molar-refractivity contribution in [2.75, 3.05) is 26.4 Å². The third kappa shape index (κ3) is 4.54. The Morgan fingerprint density at radius 2 is 2.06 bits per heavy atom. The maximum atomic E-state index is 11.5. The van der Waals surface area contributed by atoms with E-state index in [-0.39, 0.29) is 5.97 Å². The van der Waals surface area contributed by atoms with Crippen LogP contribution in [0.4, 0.5) is 0 Å². The lowest BCUT2D eigenvalue weighted by Gasteiger charge is -2.05. The third-order valence-corrected chi connectivity index (χ3v) is 2.38. The van der Waals surface area contributed by atoms with Gasteiger partial charge in [-0.3, -0.25) is 0 Å². The predicted octanol–water partition coefficient (Wildman–Crippen LogP) is 1.65. The Hall–Kier alpha value is -1.39. The summed E-state index contributed by atoms with van der Waals surface area (Å²) in [4.78, 5) is 11.5. The lowest BCUT2D eigenvalue weighted by Crippen LogP contribution is -2.09. The highest BCUT2D eigenvalue weighted by Gasteiger charge is 2.21. The molecule has 1 heterocycles. The van der Waals surface area contributed by atoms with Gasteiger partial charge < -0.3 is 14.2 Å². The molecule has 0 radical (unpaired) electrons. The number of esters is 1. The molecule has 1 unspecified atom stereocenters. The van der Waals surface area contributed by atoms with E-state index < -0.39 is 0 Å². The van der Waals surface area contributed by atoms with Crippen LogP contribution in [0.25, 0.3) is 0 Å². The Bertz CT molecular complexity index is 346. The van der Waals surface area contributed by atoms with Crippen LogP contribution in [0.3, 0.4) is 0 Å². The van der Waals surface area contributed by atoms with Gasteiger partial charge in [0.1, 0.15) is 6.10 Å². The Morgan fingerprint density at radius 3 is 2.76 bits per heavy atom. The van der Waals surface area contributed by atoms with E-state index in [0.29, 0.717) is 37.9 Å². The minimum absolute atomic E-state index is 0.281.